The minimum atomic E-state index is -2.07. The number of halogens is 2. The molecule has 1 heterocycles. The lowest BCUT2D eigenvalue weighted by Gasteiger charge is -2.38. The van der Waals surface area contributed by atoms with Crippen molar-refractivity contribution < 1.29 is 18.4 Å². The fraction of sp³-hybridized carbons (Fsp3) is 0.450. The predicted octanol–water partition coefficient (Wildman–Crippen LogP) is 3.50. The van der Waals surface area contributed by atoms with Crippen LogP contribution in [0.1, 0.15) is 38.4 Å². The van der Waals surface area contributed by atoms with Gasteiger partial charge >= 0.3 is 0 Å². The molecule has 1 aromatic carbocycles. The van der Waals surface area contributed by atoms with Crippen LogP contribution in [0.2, 0.25) is 0 Å². The lowest BCUT2D eigenvalue weighted by molar-refractivity contribution is -0.136. The van der Waals surface area contributed by atoms with E-state index >= 15 is 0 Å². The zero-order valence-corrected chi connectivity index (χ0v) is 14.8. The Kier molecular flexibility index (Phi) is 4.43. The van der Waals surface area contributed by atoms with Gasteiger partial charge in [-0.2, -0.15) is 5.26 Å². The molecule has 2 atom stereocenters. The van der Waals surface area contributed by atoms with E-state index in [0.29, 0.717) is 19.4 Å². The van der Waals surface area contributed by atoms with Crippen LogP contribution >= 0.6 is 0 Å². The number of hydrogen-bond acceptors (Lipinski definition) is 3. The summed E-state index contributed by atoms with van der Waals surface area (Å²) in [6, 6.07) is 7.26. The molecule has 3 rings (SSSR count). The standard InChI is InChI=1S/C20H20F2N2O2/c1-19(2)11-20(9-13(10-23)17(19)25)7-8-24(12-20)18(26)16(22)14-5-3-4-6-15(14)21/h3-6,9,16H,7-8,11-12H2,1-2H3. The summed E-state index contributed by atoms with van der Waals surface area (Å²) in [6.07, 6.45) is 0.614. The number of hydrogen-bond donors (Lipinski definition) is 0. The number of carbonyl (C=O) groups excluding carboxylic acids is 2. The summed E-state index contributed by atoms with van der Waals surface area (Å²) in [7, 11) is 0. The minimum Gasteiger partial charge on any atom is -0.339 e. The molecule has 136 valence electrons. The highest BCUT2D eigenvalue weighted by atomic mass is 19.1. The zero-order valence-electron chi connectivity index (χ0n) is 14.8. The van der Waals surface area contributed by atoms with E-state index in [1.54, 1.807) is 19.9 Å². The van der Waals surface area contributed by atoms with Crippen molar-refractivity contribution in [1.29, 1.82) is 5.26 Å². The SMILES string of the molecule is CC1(C)CC2(C=C(C#N)C1=O)CCN(C(=O)C(F)c1ccccc1F)C2. The summed E-state index contributed by atoms with van der Waals surface area (Å²) in [5, 5.41) is 9.26. The number of amides is 1. The highest BCUT2D eigenvalue weighted by molar-refractivity contribution is 6.03. The van der Waals surface area contributed by atoms with Gasteiger partial charge in [0, 0.05) is 29.5 Å². The molecular weight excluding hydrogens is 338 g/mol. The average molecular weight is 358 g/mol. The molecule has 2 unspecified atom stereocenters. The molecule has 1 aliphatic heterocycles. The van der Waals surface area contributed by atoms with E-state index in [1.165, 1.54) is 23.1 Å². The second-order valence-electron chi connectivity index (χ2n) is 7.82. The second kappa shape index (κ2) is 6.31. The molecule has 0 N–H and O–H groups in total. The third-order valence-corrected chi connectivity index (χ3v) is 5.32. The van der Waals surface area contributed by atoms with Crippen molar-refractivity contribution in [2.45, 2.75) is 32.9 Å². The van der Waals surface area contributed by atoms with Gasteiger partial charge in [-0.05, 0) is 18.9 Å². The zero-order chi connectivity index (χ0) is 19.1. The molecule has 1 amide bonds. The van der Waals surface area contributed by atoms with Gasteiger partial charge in [-0.25, -0.2) is 8.78 Å². The Morgan fingerprint density at radius 3 is 2.69 bits per heavy atom. The molecule has 0 aromatic heterocycles. The van der Waals surface area contributed by atoms with Gasteiger partial charge in [-0.1, -0.05) is 38.1 Å². The molecular formula is C20H20F2N2O2. The van der Waals surface area contributed by atoms with Crippen LogP contribution in [-0.4, -0.2) is 29.7 Å². The maximum atomic E-state index is 14.6. The molecule has 4 nitrogen and oxygen atoms in total. The van der Waals surface area contributed by atoms with Crippen molar-refractivity contribution in [2.75, 3.05) is 13.1 Å². The summed E-state index contributed by atoms with van der Waals surface area (Å²) >= 11 is 0. The molecule has 1 aliphatic carbocycles. The fourth-order valence-corrected chi connectivity index (χ4v) is 4.15. The van der Waals surface area contributed by atoms with Crippen LogP contribution in [0.15, 0.2) is 35.9 Å². The highest BCUT2D eigenvalue weighted by Gasteiger charge is 2.49. The van der Waals surface area contributed by atoms with Crippen molar-refractivity contribution in [3.05, 3.63) is 47.3 Å². The van der Waals surface area contributed by atoms with Gasteiger partial charge in [0.25, 0.3) is 5.91 Å². The van der Waals surface area contributed by atoms with Crippen molar-refractivity contribution in [3.8, 4) is 6.07 Å². The summed E-state index contributed by atoms with van der Waals surface area (Å²) in [4.78, 5) is 26.2. The molecule has 1 fully saturated rings. The highest BCUT2D eigenvalue weighted by Crippen LogP contribution is 2.48. The summed E-state index contributed by atoms with van der Waals surface area (Å²) in [6.45, 7) is 4.10. The van der Waals surface area contributed by atoms with Gasteiger partial charge in [0.15, 0.2) is 5.78 Å². The van der Waals surface area contributed by atoms with Crippen LogP contribution in [0.4, 0.5) is 8.78 Å². The Bertz CT molecular complexity index is 840. The smallest absolute Gasteiger partial charge is 0.261 e. The van der Waals surface area contributed by atoms with Gasteiger partial charge in [-0.3, -0.25) is 9.59 Å². The maximum Gasteiger partial charge on any atom is 0.261 e. The number of rotatable bonds is 2. The van der Waals surface area contributed by atoms with Crippen LogP contribution in [0.5, 0.6) is 0 Å². The van der Waals surface area contributed by atoms with E-state index in [-0.39, 0.29) is 23.5 Å². The molecule has 1 saturated heterocycles. The number of ketones is 1. The van der Waals surface area contributed by atoms with Crippen molar-refractivity contribution in [2.24, 2.45) is 10.8 Å². The summed E-state index contributed by atoms with van der Waals surface area (Å²) in [5.41, 5.74) is -1.40. The molecule has 1 spiro atoms. The number of carbonyl (C=O) groups is 2. The molecule has 2 aliphatic rings. The minimum absolute atomic E-state index is 0.0986. The van der Waals surface area contributed by atoms with Gasteiger partial charge in [-0.15, -0.1) is 0 Å². The number of benzene rings is 1. The van der Waals surface area contributed by atoms with Crippen molar-refractivity contribution in [1.82, 2.24) is 4.90 Å². The van der Waals surface area contributed by atoms with E-state index in [9.17, 15) is 23.6 Å². The first kappa shape index (κ1) is 18.2. The van der Waals surface area contributed by atoms with Crippen LogP contribution in [0, 0.1) is 28.0 Å². The third kappa shape index (κ3) is 3.03. The number of nitrogens with zero attached hydrogens (tertiary/aromatic N) is 2. The van der Waals surface area contributed by atoms with Crippen LogP contribution in [-0.2, 0) is 9.59 Å². The molecule has 0 saturated carbocycles. The number of alkyl halides is 1. The predicted molar refractivity (Wildman–Crippen MR) is 91.0 cm³/mol. The van der Waals surface area contributed by atoms with Gasteiger partial charge in [0.05, 0.1) is 5.57 Å². The summed E-state index contributed by atoms with van der Waals surface area (Å²) in [5.74, 6) is -1.74. The Labute approximate surface area is 151 Å². The lowest BCUT2D eigenvalue weighted by atomic mass is 9.64. The monoisotopic (exact) mass is 358 g/mol. The largest absolute Gasteiger partial charge is 0.339 e. The first-order valence-corrected chi connectivity index (χ1v) is 8.54. The normalized spacial score (nSPS) is 25.7. The number of allylic oxidation sites excluding steroid dienone is 1. The first-order chi connectivity index (χ1) is 12.2. The first-order valence-electron chi connectivity index (χ1n) is 8.54. The molecule has 1 aromatic rings. The topological polar surface area (TPSA) is 61.2 Å². The van der Waals surface area contributed by atoms with Gasteiger partial charge < -0.3 is 4.90 Å². The molecule has 0 bridgehead atoms. The second-order valence-corrected chi connectivity index (χ2v) is 7.82. The van der Waals surface area contributed by atoms with E-state index in [4.69, 9.17) is 0 Å². The molecule has 26 heavy (non-hydrogen) atoms. The lowest BCUT2D eigenvalue weighted by Crippen LogP contribution is -2.41. The molecule has 6 heteroatoms. The molecule has 0 radical (unpaired) electrons. The van der Waals surface area contributed by atoms with E-state index in [2.05, 4.69) is 0 Å². The van der Waals surface area contributed by atoms with E-state index in [0.717, 1.165) is 6.07 Å². The Morgan fingerprint density at radius 1 is 1.35 bits per heavy atom. The average Bonchev–Trinajstić information content (AvgIpc) is 3.00. The number of likely N-dealkylation sites (tertiary alicyclic amines) is 1. The van der Waals surface area contributed by atoms with E-state index in [1.807, 2.05) is 6.07 Å². The third-order valence-electron chi connectivity index (χ3n) is 5.32. The maximum absolute atomic E-state index is 14.6. The van der Waals surface area contributed by atoms with Gasteiger partial charge in [0.1, 0.15) is 11.9 Å². The Balaban J connectivity index is 1.83. The summed E-state index contributed by atoms with van der Waals surface area (Å²) < 4.78 is 28.4. The van der Waals surface area contributed by atoms with Crippen LogP contribution in [0.25, 0.3) is 0 Å². The fourth-order valence-electron chi connectivity index (χ4n) is 4.15. The van der Waals surface area contributed by atoms with Crippen molar-refractivity contribution >= 4 is 11.7 Å². The number of Topliss-reactive ketones (excluding diaryl/α,β-unsaturated/α-hetero) is 1. The van der Waals surface area contributed by atoms with Crippen LogP contribution < -0.4 is 0 Å². The van der Waals surface area contributed by atoms with Crippen LogP contribution in [0.3, 0.4) is 0 Å². The Hall–Kier alpha value is -2.55. The number of nitriles is 1. The van der Waals surface area contributed by atoms with E-state index < -0.39 is 28.7 Å². The van der Waals surface area contributed by atoms with Crippen molar-refractivity contribution in [3.63, 3.8) is 0 Å². The van der Waals surface area contributed by atoms with Gasteiger partial charge in [0.2, 0.25) is 6.17 Å². The Morgan fingerprint density at radius 2 is 2.04 bits per heavy atom. The quantitative estimate of drug-likeness (QED) is 0.813.